The second-order valence-electron chi connectivity index (χ2n) is 11.2. The molecule has 0 heterocycles. The molecule has 40 heavy (non-hydrogen) atoms. The highest BCUT2D eigenvalue weighted by molar-refractivity contribution is 5.78. The van der Waals surface area contributed by atoms with Gasteiger partial charge in [-0.2, -0.15) is 0 Å². The zero-order valence-electron chi connectivity index (χ0n) is 24.7. The minimum atomic E-state index is -0.997. The van der Waals surface area contributed by atoms with E-state index in [1.807, 2.05) is 27.7 Å². The van der Waals surface area contributed by atoms with Crippen molar-refractivity contribution in [3.8, 4) is 11.5 Å². The van der Waals surface area contributed by atoms with Crippen LogP contribution in [0.25, 0.3) is 0 Å². The number of esters is 4. The molecule has 1 fully saturated rings. The molecule has 9 nitrogen and oxygen atoms in total. The van der Waals surface area contributed by atoms with Crippen molar-refractivity contribution in [2.75, 3.05) is 6.61 Å². The summed E-state index contributed by atoms with van der Waals surface area (Å²) in [5, 5.41) is 0. The van der Waals surface area contributed by atoms with E-state index in [0.717, 1.165) is 44.9 Å². The molecule has 0 amide bonds. The first-order valence-corrected chi connectivity index (χ1v) is 14.7. The van der Waals surface area contributed by atoms with E-state index in [0.29, 0.717) is 5.56 Å². The summed E-state index contributed by atoms with van der Waals surface area (Å²) in [6, 6.07) is 3.77. The van der Waals surface area contributed by atoms with Gasteiger partial charge in [0.2, 0.25) is 0 Å². The molecule has 1 aromatic rings. The lowest BCUT2D eigenvalue weighted by atomic mass is 9.89. The molecule has 2 rings (SSSR count). The van der Waals surface area contributed by atoms with Gasteiger partial charge in [-0.25, -0.2) is 0 Å². The van der Waals surface area contributed by atoms with Gasteiger partial charge < -0.3 is 24.7 Å². The van der Waals surface area contributed by atoms with E-state index in [2.05, 4.69) is 0 Å². The van der Waals surface area contributed by atoms with Gasteiger partial charge in [-0.15, -0.1) is 0 Å². The molecule has 0 aromatic heterocycles. The highest BCUT2D eigenvalue weighted by Gasteiger charge is 2.25. The Kier molecular flexibility index (Phi) is 14.1. The number of rotatable bonds is 15. The molecule has 0 spiro atoms. The van der Waals surface area contributed by atoms with Crippen LogP contribution in [0.5, 0.6) is 11.5 Å². The minimum Gasteiger partial charge on any atom is -0.461 e. The Bertz CT molecular complexity index is 988. The van der Waals surface area contributed by atoms with Crippen LogP contribution in [0, 0.1) is 17.8 Å². The topological polar surface area (TPSA) is 131 Å². The highest BCUT2D eigenvalue weighted by atomic mass is 16.6. The van der Waals surface area contributed by atoms with Gasteiger partial charge in [-0.05, 0) is 55.7 Å². The van der Waals surface area contributed by atoms with E-state index < -0.39 is 30.1 Å². The molecule has 224 valence electrons. The van der Waals surface area contributed by atoms with Gasteiger partial charge in [0.1, 0.15) is 18.8 Å². The van der Waals surface area contributed by atoms with E-state index in [9.17, 15) is 19.2 Å². The maximum absolute atomic E-state index is 12.6. The van der Waals surface area contributed by atoms with Crippen LogP contribution in [0.3, 0.4) is 0 Å². The van der Waals surface area contributed by atoms with Crippen LogP contribution in [0.15, 0.2) is 18.2 Å². The van der Waals surface area contributed by atoms with Gasteiger partial charge in [0.15, 0.2) is 11.5 Å². The third-order valence-corrected chi connectivity index (χ3v) is 7.35. The van der Waals surface area contributed by atoms with Crippen LogP contribution >= 0.6 is 0 Å². The average molecular weight is 562 g/mol. The van der Waals surface area contributed by atoms with Crippen molar-refractivity contribution in [3.05, 3.63) is 23.8 Å². The summed E-state index contributed by atoms with van der Waals surface area (Å²) in [6.45, 7) is 9.48. The van der Waals surface area contributed by atoms with Crippen molar-refractivity contribution >= 4 is 23.9 Å². The SMILES string of the molecule is CCC(C)CC(=O)Oc1ccc(C[C@H](N)C(=O)OC[C@H](C)OC(=O)C2CCCCC2)cc1OC(=O)CC(C)CC. The lowest BCUT2D eigenvalue weighted by molar-refractivity contribution is -0.162. The van der Waals surface area contributed by atoms with Crippen LogP contribution < -0.4 is 15.2 Å². The Hall–Kier alpha value is -2.94. The first kappa shape index (κ1) is 33.3. The quantitative estimate of drug-likeness (QED) is 0.224. The first-order valence-electron chi connectivity index (χ1n) is 14.7. The van der Waals surface area contributed by atoms with Gasteiger partial charge in [0.05, 0.1) is 5.92 Å². The Labute approximate surface area is 238 Å². The fourth-order valence-corrected chi connectivity index (χ4v) is 4.34. The van der Waals surface area contributed by atoms with Crippen LogP contribution in [0.1, 0.15) is 98.0 Å². The lowest BCUT2D eigenvalue weighted by Crippen LogP contribution is -2.36. The Balaban J connectivity index is 2.00. The highest BCUT2D eigenvalue weighted by Crippen LogP contribution is 2.31. The fourth-order valence-electron chi connectivity index (χ4n) is 4.34. The van der Waals surface area contributed by atoms with Gasteiger partial charge in [-0.1, -0.05) is 65.9 Å². The summed E-state index contributed by atoms with van der Waals surface area (Å²) in [7, 11) is 0. The van der Waals surface area contributed by atoms with Gasteiger partial charge in [-0.3, -0.25) is 19.2 Å². The van der Waals surface area contributed by atoms with E-state index in [1.54, 1.807) is 25.1 Å². The zero-order chi connectivity index (χ0) is 29.7. The van der Waals surface area contributed by atoms with Crippen molar-refractivity contribution in [3.63, 3.8) is 0 Å². The van der Waals surface area contributed by atoms with Crippen molar-refractivity contribution in [2.45, 2.75) is 111 Å². The van der Waals surface area contributed by atoms with Gasteiger partial charge >= 0.3 is 23.9 Å². The molecular formula is C31H47NO8. The number of hydrogen-bond donors (Lipinski definition) is 1. The molecule has 0 radical (unpaired) electrons. The summed E-state index contributed by atoms with van der Waals surface area (Å²) >= 11 is 0. The lowest BCUT2D eigenvalue weighted by Gasteiger charge is -2.22. The number of nitrogens with two attached hydrogens (primary N) is 1. The maximum atomic E-state index is 12.6. The fraction of sp³-hybridized carbons (Fsp3) is 0.677. The van der Waals surface area contributed by atoms with E-state index in [-0.39, 0.29) is 61.1 Å². The summed E-state index contributed by atoms with van der Waals surface area (Å²) in [6.07, 6.45) is 6.50. The Morgan fingerprint density at radius 2 is 1.45 bits per heavy atom. The van der Waals surface area contributed by atoms with E-state index >= 15 is 0 Å². The van der Waals surface area contributed by atoms with E-state index in [1.165, 1.54) is 0 Å². The summed E-state index contributed by atoms with van der Waals surface area (Å²) in [5.41, 5.74) is 6.71. The Morgan fingerprint density at radius 3 is 2.02 bits per heavy atom. The second kappa shape index (κ2) is 17.0. The predicted octanol–water partition coefficient (Wildman–Crippen LogP) is 5.29. The minimum absolute atomic E-state index is 0.0834. The van der Waals surface area contributed by atoms with Crippen molar-refractivity contribution in [2.24, 2.45) is 23.5 Å². The first-order chi connectivity index (χ1) is 19.0. The molecule has 9 heteroatoms. The molecule has 1 aliphatic carbocycles. The Morgan fingerprint density at radius 1 is 0.875 bits per heavy atom. The molecule has 4 atom stereocenters. The van der Waals surface area contributed by atoms with Gasteiger partial charge in [0.25, 0.3) is 0 Å². The molecule has 1 aliphatic rings. The van der Waals surface area contributed by atoms with Crippen LogP contribution in [-0.4, -0.2) is 42.6 Å². The summed E-state index contributed by atoms with van der Waals surface area (Å²) < 4.78 is 21.9. The molecule has 1 saturated carbocycles. The second-order valence-corrected chi connectivity index (χ2v) is 11.2. The summed E-state index contributed by atoms with van der Waals surface area (Å²) in [5.74, 6) is -1.28. The summed E-state index contributed by atoms with van der Waals surface area (Å²) in [4.78, 5) is 49.8. The van der Waals surface area contributed by atoms with E-state index in [4.69, 9.17) is 24.7 Å². The van der Waals surface area contributed by atoms with Crippen molar-refractivity contribution in [1.82, 2.24) is 0 Å². The molecule has 2 N–H and O–H groups in total. The third kappa shape index (κ3) is 11.7. The molecular weight excluding hydrogens is 514 g/mol. The average Bonchev–Trinajstić information content (AvgIpc) is 2.93. The number of carbonyl (C=O) groups excluding carboxylic acids is 4. The smallest absolute Gasteiger partial charge is 0.323 e. The number of hydrogen-bond acceptors (Lipinski definition) is 9. The van der Waals surface area contributed by atoms with Crippen molar-refractivity contribution in [1.29, 1.82) is 0 Å². The monoisotopic (exact) mass is 561 g/mol. The predicted molar refractivity (Wildman–Crippen MR) is 151 cm³/mol. The third-order valence-electron chi connectivity index (χ3n) is 7.35. The number of ether oxygens (including phenoxy) is 4. The number of carbonyl (C=O) groups is 4. The molecule has 0 aliphatic heterocycles. The number of benzene rings is 1. The molecule has 2 unspecified atom stereocenters. The molecule has 0 saturated heterocycles. The largest absolute Gasteiger partial charge is 0.461 e. The maximum Gasteiger partial charge on any atom is 0.323 e. The van der Waals surface area contributed by atoms with Crippen LogP contribution in [0.2, 0.25) is 0 Å². The molecule has 0 bridgehead atoms. The normalized spacial score (nSPS) is 16.8. The molecule has 1 aromatic carbocycles. The zero-order valence-corrected chi connectivity index (χ0v) is 24.7. The van der Waals surface area contributed by atoms with Crippen LogP contribution in [-0.2, 0) is 35.1 Å². The van der Waals surface area contributed by atoms with Crippen LogP contribution in [0.4, 0.5) is 0 Å². The van der Waals surface area contributed by atoms with Gasteiger partial charge in [0, 0.05) is 12.8 Å². The standard InChI is InChI=1S/C31H47NO8/c1-6-20(3)15-28(33)39-26-14-13-23(18-27(26)40-29(34)16-21(4)7-2)17-25(32)31(36)37-19-22(5)38-30(35)24-11-9-8-10-12-24/h13-14,18,20-22,24-25H,6-12,15-17,19,32H2,1-5H3/t20?,21?,22-,25-/m0/s1. The van der Waals surface area contributed by atoms with Crippen molar-refractivity contribution < 1.29 is 38.1 Å².